The molecule has 0 bridgehead atoms. The van der Waals surface area contributed by atoms with E-state index < -0.39 is 0 Å². The Balaban J connectivity index is 1.64. The molecule has 0 saturated carbocycles. The van der Waals surface area contributed by atoms with Gasteiger partial charge in [-0.2, -0.15) is 0 Å². The molecule has 5 heteroatoms. The van der Waals surface area contributed by atoms with Crippen molar-refractivity contribution in [2.45, 2.75) is 20.1 Å². The number of nitrogens with one attached hydrogen (secondary N) is 1. The summed E-state index contributed by atoms with van der Waals surface area (Å²) in [4.78, 5) is 23.3. The highest BCUT2D eigenvalue weighted by atomic mass is 16.5. The molecule has 26 heavy (non-hydrogen) atoms. The van der Waals surface area contributed by atoms with Gasteiger partial charge in [-0.1, -0.05) is 42.5 Å². The zero-order valence-electron chi connectivity index (χ0n) is 14.5. The Hall–Kier alpha value is -3.34. The van der Waals surface area contributed by atoms with Crippen molar-refractivity contribution in [3.63, 3.8) is 0 Å². The van der Waals surface area contributed by atoms with Crippen LogP contribution in [0.4, 0.5) is 5.69 Å². The Kier molecular flexibility index (Phi) is 5.49. The van der Waals surface area contributed by atoms with Gasteiger partial charge >= 0.3 is 0 Å². The van der Waals surface area contributed by atoms with Gasteiger partial charge in [-0.05, 0) is 29.3 Å². The van der Waals surface area contributed by atoms with Crippen LogP contribution in [0.2, 0.25) is 0 Å². The second-order valence-corrected chi connectivity index (χ2v) is 5.98. The van der Waals surface area contributed by atoms with Crippen molar-refractivity contribution in [1.29, 1.82) is 0 Å². The van der Waals surface area contributed by atoms with Gasteiger partial charge in [0.1, 0.15) is 12.4 Å². The van der Waals surface area contributed by atoms with Crippen LogP contribution >= 0.6 is 0 Å². The van der Waals surface area contributed by atoms with Gasteiger partial charge in [0.05, 0.1) is 6.54 Å². The summed E-state index contributed by atoms with van der Waals surface area (Å²) in [5.41, 5.74) is 2.63. The lowest BCUT2D eigenvalue weighted by atomic mass is 10.2. The molecule has 0 atom stereocenters. The first-order chi connectivity index (χ1) is 12.6. The lowest BCUT2D eigenvalue weighted by molar-refractivity contribution is -0.114. The lowest BCUT2D eigenvalue weighted by Gasteiger charge is -2.10. The molecule has 2 aromatic carbocycles. The quantitative estimate of drug-likeness (QED) is 0.742. The van der Waals surface area contributed by atoms with Gasteiger partial charge in [0.2, 0.25) is 5.91 Å². The van der Waals surface area contributed by atoms with Crippen molar-refractivity contribution >= 4 is 11.6 Å². The normalized spacial score (nSPS) is 10.3. The fourth-order valence-electron chi connectivity index (χ4n) is 2.54. The maximum Gasteiger partial charge on any atom is 0.254 e. The summed E-state index contributed by atoms with van der Waals surface area (Å²) in [6.07, 6.45) is 1.73. The van der Waals surface area contributed by atoms with Gasteiger partial charge in [-0.3, -0.25) is 9.59 Å². The minimum atomic E-state index is -0.124. The molecule has 0 spiro atoms. The van der Waals surface area contributed by atoms with Crippen LogP contribution in [0, 0.1) is 0 Å². The number of carbonyl (C=O) groups excluding carboxylic acids is 1. The summed E-state index contributed by atoms with van der Waals surface area (Å²) < 4.78 is 7.29. The number of nitrogens with zero attached hydrogens (tertiary/aromatic N) is 1. The van der Waals surface area contributed by atoms with Gasteiger partial charge in [0.15, 0.2) is 0 Å². The van der Waals surface area contributed by atoms with Crippen molar-refractivity contribution in [3.05, 3.63) is 94.4 Å². The summed E-state index contributed by atoms with van der Waals surface area (Å²) in [5, 5.41) is 2.72. The smallest absolute Gasteiger partial charge is 0.254 e. The topological polar surface area (TPSA) is 60.3 Å². The summed E-state index contributed by atoms with van der Waals surface area (Å²) in [6.45, 7) is 2.35. The van der Waals surface area contributed by atoms with E-state index in [-0.39, 0.29) is 11.5 Å². The number of aromatic nitrogens is 1. The third-order valence-corrected chi connectivity index (χ3v) is 3.84. The maximum absolute atomic E-state index is 12.3. The lowest BCUT2D eigenvalue weighted by Crippen LogP contribution is -2.19. The average molecular weight is 348 g/mol. The molecule has 0 aliphatic rings. The zero-order valence-corrected chi connectivity index (χ0v) is 14.5. The van der Waals surface area contributed by atoms with E-state index in [9.17, 15) is 9.59 Å². The van der Waals surface area contributed by atoms with Gasteiger partial charge < -0.3 is 14.6 Å². The van der Waals surface area contributed by atoms with E-state index in [0.717, 1.165) is 16.8 Å². The van der Waals surface area contributed by atoms with Crippen LogP contribution < -0.4 is 15.6 Å². The minimum absolute atomic E-state index is 0.111. The molecule has 0 fully saturated rings. The van der Waals surface area contributed by atoms with Crippen molar-refractivity contribution in [2.75, 3.05) is 5.32 Å². The number of anilines is 1. The van der Waals surface area contributed by atoms with E-state index in [1.54, 1.807) is 16.8 Å². The largest absolute Gasteiger partial charge is 0.489 e. The molecular formula is C21H20N2O3. The Bertz CT molecular complexity index is 931. The highest BCUT2D eigenvalue weighted by molar-refractivity contribution is 5.88. The molecule has 132 valence electrons. The second kappa shape index (κ2) is 8.16. The molecule has 0 radical (unpaired) electrons. The monoisotopic (exact) mass is 348 g/mol. The predicted octanol–water partition coefficient (Wildman–Crippen LogP) is 3.43. The number of amides is 1. The van der Waals surface area contributed by atoms with Crippen molar-refractivity contribution in [1.82, 2.24) is 4.57 Å². The molecule has 3 rings (SSSR count). The summed E-state index contributed by atoms with van der Waals surface area (Å²) in [7, 11) is 0. The van der Waals surface area contributed by atoms with E-state index in [0.29, 0.717) is 18.9 Å². The summed E-state index contributed by atoms with van der Waals surface area (Å²) in [5.74, 6) is 0.441. The third kappa shape index (κ3) is 4.83. The van der Waals surface area contributed by atoms with Gasteiger partial charge in [0, 0.05) is 24.9 Å². The Morgan fingerprint density at radius 2 is 1.73 bits per heavy atom. The average Bonchev–Trinajstić information content (AvgIpc) is 2.64. The first-order valence-electron chi connectivity index (χ1n) is 8.34. The first kappa shape index (κ1) is 17.5. The molecule has 0 aliphatic heterocycles. The summed E-state index contributed by atoms with van der Waals surface area (Å²) in [6, 6.07) is 20.5. The van der Waals surface area contributed by atoms with Gasteiger partial charge in [-0.25, -0.2) is 0 Å². The molecule has 1 amide bonds. The standard InChI is InChI=1S/C21H20N2O3/c1-16(24)22-19-9-7-17(8-10-19)14-23-12-11-20(13-21(23)25)26-15-18-5-3-2-4-6-18/h2-13H,14-15H2,1H3,(H,22,24). The third-order valence-electron chi connectivity index (χ3n) is 3.84. The maximum atomic E-state index is 12.3. The number of carbonyl (C=O) groups is 1. The summed E-state index contributed by atoms with van der Waals surface area (Å²) >= 11 is 0. The Morgan fingerprint density at radius 1 is 1.00 bits per heavy atom. The number of ether oxygens (including phenoxy) is 1. The van der Waals surface area contributed by atoms with E-state index in [1.165, 1.54) is 13.0 Å². The van der Waals surface area contributed by atoms with Crippen LogP contribution in [0.3, 0.4) is 0 Å². The van der Waals surface area contributed by atoms with Crippen molar-refractivity contribution in [3.8, 4) is 5.75 Å². The zero-order chi connectivity index (χ0) is 18.4. The molecule has 1 heterocycles. The highest BCUT2D eigenvalue weighted by Gasteiger charge is 2.03. The number of benzene rings is 2. The van der Waals surface area contributed by atoms with Crippen LogP contribution in [0.1, 0.15) is 18.1 Å². The Labute approximate surface area is 151 Å². The first-order valence-corrected chi connectivity index (χ1v) is 8.34. The fraction of sp³-hybridized carbons (Fsp3) is 0.143. The molecule has 1 N–H and O–H groups in total. The van der Waals surface area contributed by atoms with E-state index in [2.05, 4.69) is 5.32 Å². The van der Waals surface area contributed by atoms with Crippen molar-refractivity contribution in [2.24, 2.45) is 0 Å². The van der Waals surface area contributed by atoms with Crippen LogP contribution in [-0.4, -0.2) is 10.5 Å². The Morgan fingerprint density at radius 3 is 2.38 bits per heavy atom. The molecule has 3 aromatic rings. The van der Waals surface area contributed by atoms with Crippen LogP contribution in [0.25, 0.3) is 0 Å². The van der Waals surface area contributed by atoms with Crippen molar-refractivity contribution < 1.29 is 9.53 Å². The van der Waals surface area contributed by atoms with Crippen LogP contribution in [-0.2, 0) is 17.9 Å². The SMILES string of the molecule is CC(=O)Nc1ccc(Cn2ccc(OCc3ccccc3)cc2=O)cc1. The molecule has 5 nitrogen and oxygen atoms in total. The van der Waals surface area contributed by atoms with Gasteiger partial charge in [0.25, 0.3) is 5.56 Å². The molecule has 0 aliphatic carbocycles. The molecule has 1 aromatic heterocycles. The second-order valence-electron chi connectivity index (χ2n) is 5.98. The van der Waals surface area contributed by atoms with E-state index >= 15 is 0 Å². The molecular weight excluding hydrogens is 328 g/mol. The number of hydrogen-bond donors (Lipinski definition) is 1. The molecule has 0 unspecified atom stereocenters. The highest BCUT2D eigenvalue weighted by Crippen LogP contribution is 2.12. The number of hydrogen-bond acceptors (Lipinski definition) is 3. The number of pyridine rings is 1. The fourth-order valence-corrected chi connectivity index (χ4v) is 2.54. The predicted molar refractivity (Wildman–Crippen MR) is 101 cm³/mol. The van der Waals surface area contributed by atoms with Crippen LogP contribution in [0.15, 0.2) is 77.7 Å². The molecule has 0 saturated heterocycles. The van der Waals surface area contributed by atoms with Gasteiger partial charge in [-0.15, -0.1) is 0 Å². The minimum Gasteiger partial charge on any atom is -0.489 e. The van der Waals surface area contributed by atoms with Crippen LogP contribution in [0.5, 0.6) is 5.75 Å². The van der Waals surface area contributed by atoms with E-state index in [1.807, 2.05) is 54.6 Å². The number of rotatable bonds is 6. The van der Waals surface area contributed by atoms with E-state index in [4.69, 9.17) is 4.74 Å².